The van der Waals surface area contributed by atoms with Crippen molar-refractivity contribution in [3.63, 3.8) is 0 Å². The molecule has 0 aliphatic heterocycles. The molecular weight excluding hydrogens is 482 g/mol. The van der Waals surface area contributed by atoms with E-state index in [9.17, 15) is 14.9 Å². The number of nitriles is 1. The van der Waals surface area contributed by atoms with Gasteiger partial charge in [0.25, 0.3) is 5.56 Å². The van der Waals surface area contributed by atoms with Crippen LogP contribution in [0.1, 0.15) is 18.0 Å². The fourth-order valence-corrected chi connectivity index (χ4v) is 4.05. The van der Waals surface area contributed by atoms with Gasteiger partial charge in [-0.1, -0.05) is 11.6 Å². The summed E-state index contributed by atoms with van der Waals surface area (Å²) in [5.41, 5.74) is 2.59. The van der Waals surface area contributed by atoms with Gasteiger partial charge in [0.05, 0.1) is 36.0 Å². The highest BCUT2D eigenvalue weighted by Gasteiger charge is 2.24. The molecule has 4 rings (SSSR count). The molecule has 9 nitrogen and oxygen atoms in total. The average Bonchev–Trinajstić information content (AvgIpc) is 2.89. The summed E-state index contributed by atoms with van der Waals surface area (Å²) in [6.45, 7) is 0.241. The number of aromatic nitrogens is 3. The fraction of sp³-hybridized carbons (Fsp3) is 0.192. The molecule has 0 radical (unpaired) electrons. The number of ether oxygens (including phenoxy) is 2. The van der Waals surface area contributed by atoms with Gasteiger partial charge < -0.3 is 14.8 Å². The lowest BCUT2D eigenvalue weighted by atomic mass is 10.00. The number of carbonyl (C=O) groups is 1. The summed E-state index contributed by atoms with van der Waals surface area (Å²) in [5.74, 6) is -0.0998. The Morgan fingerprint density at radius 2 is 1.89 bits per heavy atom. The minimum atomic E-state index is -0.896. The van der Waals surface area contributed by atoms with Crippen LogP contribution in [0.15, 0.2) is 65.8 Å². The van der Waals surface area contributed by atoms with E-state index in [1.807, 2.05) is 0 Å². The molecule has 2 aromatic carbocycles. The molecule has 0 unspecified atom stereocenters. The van der Waals surface area contributed by atoms with Crippen molar-refractivity contribution in [1.82, 2.24) is 14.5 Å². The number of halogens is 1. The molecule has 0 aliphatic carbocycles. The van der Waals surface area contributed by atoms with E-state index in [2.05, 4.69) is 21.4 Å². The van der Waals surface area contributed by atoms with E-state index in [0.717, 1.165) is 0 Å². The summed E-state index contributed by atoms with van der Waals surface area (Å²) in [5, 5.41) is 12.8. The standard InChI is InChI=1S/C26H22ClN5O4/c1-35-10-7-23(26(34)31-18-5-6-21-22(12-18)30-9-8-29-21)32-15-24(36-2)20(13-25(32)33)19-11-17(27)4-3-16(19)14-28/h3-6,8-9,11-13,15,23H,7,10H2,1-2H3,(H,31,34)/t23-/m0/s1. The summed E-state index contributed by atoms with van der Waals surface area (Å²) in [6, 6.07) is 12.5. The second-order valence-corrected chi connectivity index (χ2v) is 8.29. The van der Waals surface area contributed by atoms with Crippen LogP contribution >= 0.6 is 11.6 Å². The SMILES string of the molecule is COCC[C@@H](C(=O)Nc1ccc2nccnc2c1)n1cc(OC)c(-c2cc(Cl)ccc2C#N)cc1=O. The molecule has 0 spiro atoms. The van der Waals surface area contributed by atoms with Crippen molar-refractivity contribution in [3.8, 4) is 22.9 Å². The molecule has 0 saturated heterocycles. The van der Waals surface area contributed by atoms with E-state index in [0.29, 0.717) is 44.2 Å². The Morgan fingerprint density at radius 3 is 2.61 bits per heavy atom. The van der Waals surface area contributed by atoms with Crippen LogP contribution in [0.4, 0.5) is 5.69 Å². The summed E-state index contributed by atoms with van der Waals surface area (Å²) in [6.07, 6.45) is 4.86. The molecule has 0 fully saturated rings. The zero-order chi connectivity index (χ0) is 25.7. The van der Waals surface area contributed by atoms with Gasteiger partial charge in [0.15, 0.2) is 0 Å². The van der Waals surface area contributed by atoms with Crippen molar-refractivity contribution < 1.29 is 14.3 Å². The molecule has 0 aliphatic rings. The second kappa shape index (κ2) is 11.0. The number of benzene rings is 2. The Morgan fingerprint density at radius 1 is 1.11 bits per heavy atom. The minimum Gasteiger partial charge on any atom is -0.495 e. The highest BCUT2D eigenvalue weighted by atomic mass is 35.5. The topological polar surface area (TPSA) is 119 Å². The quantitative estimate of drug-likeness (QED) is 0.382. The van der Waals surface area contributed by atoms with Gasteiger partial charge in [-0.2, -0.15) is 5.26 Å². The van der Waals surface area contributed by atoms with Crippen LogP contribution in [-0.4, -0.2) is 41.3 Å². The van der Waals surface area contributed by atoms with E-state index in [1.54, 1.807) is 48.8 Å². The number of rotatable bonds is 8. The second-order valence-electron chi connectivity index (χ2n) is 7.85. The number of carbonyl (C=O) groups excluding carboxylic acids is 1. The van der Waals surface area contributed by atoms with Crippen LogP contribution in [-0.2, 0) is 9.53 Å². The van der Waals surface area contributed by atoms with Gasteiger partial charge >= 0.3 is 0 Å². The third kappa shape index (κ3) is 5.20. The number of nitrogens with zero attached hydrogens (tertiary/aromatic N) is 4. The van der Waals surface area contributed by atoms with Gasteiger partial charge in [-0.15, -0.1) is 0 Å². The van der Waals surface area contributed by atoms with Crippen LogP contribution in [0.3, 0.4) is 0 Å². The molecule has 1 N–H and O–H groups in total. The monoisotopic (exact) mass is 503 g/mol. The van der Waals surface area contributed by atoms with Crippen molar-refractivity contribution in [2.45, 2.75) is 12.5 Å². The van der Waals surface area contributed by atoms with Crippen LogP contribution < -0.4 is 15.6 Å². The third-order valence-corrected chi connectivity index (χ3v) is 5.86. The molecule has 36 heavy (non-hydrogen) atoms. The van der Waals surface area contributed by atoms with Gasteiger partial charge in [0.2, 0.25) is 5.91 Å². The van der Waals surface area contributed by atoms with Gasteiger partial charge in [-0.3, -0.25) is 24.1 Å². The Kier molecular flexibility index (Phi) is 7.59. The highest BCUT2D eigenvalue weighted by Crippen LogP contribution is 2.33. The lowest BCUT2D eigenvalue weighted by Crippen LogP contribution is -2.34. The van der Waals surface area contributed by atoms with Crippen molar-refractivity contribution in [1.29, 1.82) is 5.26 Å². The van der Waals surface area contributed by atoms with Crippen LogP contribution in [0.25, 0.3) is 22.2 Å². The number of amides is 1. The third-order valence-electron chi connectivity index (χ3n) is 5.63. The van der Waals surface area contributed by atoms with E-state index in [-0.39, 0.29) is 13.0 Å². The summed E-state index contributed by atoms with van der Waals surface area (Å²) in [7, 11) is 2.97. The zero-order valence-electron chi connectivity index (χ0n) is 19.6. The normalized spacial score (nSPS) is 11.6. The Hall–Kier alpha value is -4.26. The van der Waals surface area contributed by atoms with E-state index in [4.69, 9.17) is 21.1 Å². The maximum absolute atomic E-state index is 13.3. The summed E-state index contributed by atoms with van der Waals surface area (Å²) < 4.78 is 12.0. The zero-order valence-corrected chi connectivity index (χ0v) is 20.3. The minimum absolute atomic E-state index is 0.235. The van der Waals surface area contributed by atoms with Crippen molar-refractivity contribution in [3.05, 3.63) is 82.0 Å². The van der Waals surface area contributed by atoms with Gasteiger partial charge in [-0.25, -0.2) is 0 Å². The highest BCUT2D eigenvalue weighted by molar-refractivity contribution is 6.31. The fourth-order valence-electron chi connectivity index (χ4n) is 3.87. The van der Waals surface area contributed by atoms with E-state index >= 15 is 0 Å². The van der Waals surface area contributed by atoms with Gasteiger partial charge in [0, 0.05) is 60.4 Å². The molecule has 0 bridgehead atoms. The number of hydrogen-bond donors (Lipinski definition) is 1. The smallest absolute Gasteiger partial charge is 0.252 e. The molecule has 10 heteroatoms. The first-order valence-electron chi connectivity index (χ1n) is 11.0. The lowest BCUT2D eigenvalue weighted by Gasteiger charge is -2.21. The maximum Gasteiger partial charge on any atom is 0.252 e. The number of hydrogen-bond acceptors (Lipinski definition) is 7. The van der Waals surface area contributed by atoms with Crippen molar-refractivity contribution >= 4 is 34.2 Å². The van der Waals surface area contributed by atoms with E-state index < -0.39 is 17.5 Å². The van der Waals surface area contributed by atoms with E-state index in [1.165, 1.54) is 31.0 Å². The Labute approximate surface area is 211 Å². The first-order valence-corrected chi connectivity index (χ1v) is 11.3. The number of pyridine rings is 1. The molecule has 2 heterocycles. The summed E-state index contributed by atoms with van der Waals surface area (Å²) in [4.78, 5) is 35.1. The van der Waals surface area contributed by atoms with Gasteiger partial charge in [-0.05, 0) is 36.4 Å². The average molecular weight is 504 g/mol. The number of fused-ring (bicyclic) bond motifs is 1. The molecule has 2 aromatic heterocycles. The Bertz CT molecular complexity index is 1530. The number of methoxy groups -OCH3 is 2. The van der Waals surface area contributed by atoms with Crippen LogP contribution in [0.2, 0.25) is 5.02 Å². The maximum atomic E-state index is 13.3. The number of nitrogens with one attached hydrogen (secondary N) is 1. The van der Waals surface area contributed by atoms with Crippen molar-refractivity contribution in [2.24, 2.45) is 0 Å². The molecule has 0 saturated carbocycles. The lowest BCUT2D eigenvalue weighted by molar-refractivity contribution is -0.119. The predicted molar refractivity (Wildman–Crippen MR) is 136 cm³/mol. The molecular formula is C26H22ClN5O4. The molecule has 1 amide bonds. The largest absolute Gasteiger partial charge is 0.495 e. The predicted octanol–water partition coefficient (Wildman–Crippen LogP) is 4.21. The van der Waals surface area contributed by atoms with Crippen LogP contribution in [0, 0.1) is 11.3 Å². The molecule has 182 valence electrons. The van der Waals surface area contributed by atoms with Gasteiger partial charge in [0.1, 0.15) is 11.8 Å². The molecule has 1 atom stereocenters. The first-order chi connectivity index (χ1) is 17.4. The first kappa shape index (κ1) is 24.9. The Balaban J connectivity index is 1.73. The summed E-state index contributed by atoms with van der Waals surface area (Å²) >= 11 is 6.14. The van der Waals surface area contributed by atoms with Crippen LogP contribution in [0.5, 0.6) is 5.75 Å². The van der Waals surface area contributed by atoms with Crippen molar-refractivity contribution in [2.75, 3.05) is 26.1 Å². The molecule has 4 aromatic rings. The number of anilines is 1.